The quantitative estimate of drug-likeness (QED) is 0.390. The molecule has 1 aliphatic heterocycles. The molecule has 1 saturated heterocycles. The Kier molecular flexibility index (Phi) is 8.85. The molecule has 1 heterocycles. The number of anilines is 1. The van der Waals surface area contributed by atoms with Gasteiger partial charge in [-0.25, -0.2) is 0 Å². The van der Waals surface area contributed by atoms with Crippen LogP contribution in [0.4, 0.5) is 5.69 Å². The fourth-order valence-corrected chi connectivity index (χ4v) is 3.19. The lowest BCUT2D eigenvalue weighted by atomic mass is 10.2. The van der Waals surface area contributed by atoms with E-state index >= 15 is 0 Å². The van der Waals surface area contributed by atoms with Crippen LogP contribution in [0.3, 0.4) is 0 Å². The number of nitrogens with one attached hydrogen (secondary N) is 2. The first-order valence-electron chi connectivity index (χ1n) is 9.39. The average molecular weight is 383 g/mol. The van der Waals surface area contributed by atoms with Gasteiger partial charge in [0.25, 0.3) is 0 Å². The second kappa shape index (κ2) is 11.1. The molecule has 6 nitrogen and oxygen atoms in total. The number of hydrogen-bond acceptors (Lipinski definition) is 4. The summed E-state index contributed by atoms with van der Waals surface area (Å²) in [5, 5.41) is 7.59. The zero-order valence-electron chi connectivity index (χ0n) is 16.1. The van der Waals surface area contributed by atoms with E-state index in [0.717, 1.165) is 74.7 Å². The third kappa shape index (κ3) is 6.25. The third-order valence-electron chi connectivity index (χ3n) is 4.28. The Morgan fingerprint density at radius 2 is 2.23 bits per heavy atom. The summed E-state index contributed by atoms with van der Waals surface area (Å²) in [6, 6.07) is 6.08. The lowest BCUT2D eigenvalue weighted by Crippen LogP contribution is -2.44. The minimum Gasteiger partial charge on any atom is -0.495 e. The van der Waals surface area contributed by atoms with Crippen LogP contribution in [0, 0.1) is 0 Å². The summed E-state index contributed by atoms with van der Waals surface area (Å²) >= 11 is 6.17. The molecule has 26 heavy (non-hydrogen) atoms. The molecule has 2 rings (SSSR count). The molecular formula is C19H31ClN4O2. The van der Waals surface area contributed by atoms with Crippen molar-refractivity contribution in [3.63, 3.8) is 0 Å². The van der Waals surface area contributed by atoms with Crippen molar-refractivity contribution in [1.29, 1.82) is 0 Å². The van der Waals surface area contributed by atoms with Gasteiger partial charge in [0, 0.05) is 50.5 Å². The Hall–Kier alpha value is -1.66. The summed E-state index contributed by atoms with van der Waals surface area (Å²) in [5.74, 6) is 1.72. The molecule has 1 atom stereocenters. The number of ether oxygens (including phenoxy) is 2. The molecule has 1 aromatic carbocycles. The van der Waals surface area contributed by atoms with Crippen molar-refractivity contribution in [3.05, 3.63) is 23.2 Å². The number of hydrogen-bond donors (Lipinski definition) is 2. The van der Waals surface area contributed by atoms with Crippen LogP contribution in [0.1, 0.15) is 26.7 Å². The molecule has 146 valence electrons. The van der Waals surface area contributed by atoms with E-state index in [4.69, 9.17) is 21.1 Å². The SMILES string of the molecule is CCNC(=NCCCOCC)NC1CCN(c2cc(Cl)ccc2OC)C1. The molecule has 0 amide bonds. The topological polar surface area (TPSA) is 58.1 Å². The highest BCUT2D eigenvalue weighted by atomic mass is 35.5. The number of methoxy groups -OCH3 is 1. The molecule has 0 bridgehead atoms. The van der Waals surface area contributed by atoms with E-state index in [1.165, 1.54) is 0 Å². The van der Waals surface area contributed by atoms with E-state index in [9.17, 15) is 0 Å². The number of nitrogens with zero attached hydrogens (tertiary/aromatic N) is 2. The highest BCUT2D eigenvalue weighted by Gasteiger charge is 2.25. The zero-order valence-corrected chi connectivity index (χ0v) is 16.8. The number of benzene rings is 1. The van der Waals surface area contributed by atoms with Gasteiger partial charge in [-0.15, -0.1) is 0 Å². The number of guanidine groups is 1. The predicted molar refractivity (Wildman–Crippen MR) is 109 cm³/mol. The van der Waals surface area contributed by atoms with Gasteiger partial charge >= 0.3 is 0 Å². The van der Waals surface area contributed by atoms with Crippen molar-refractivity contribution < 1.29 is 9.47 Å². The lowest BCUT2D eigenvalue weighted by Gasteiger charge is -2.22. The molecule has 7 heteroatoms. The van der Waals surface area contributed by atoms with Crippen LogP contribution in [-0.2, 0) is 4.74 Å². The molecule has 1 aliphatic rings. The van der Waals surface area contributed by atoms with E-state index < -0.39 is 0 Å². The first-order valence-corrected chi connectivity index (χ1v) is 9.76. The van der Waals surface area contributed by atoms with Crippen LogP contribution in [0.5, 0.6) is 5.75 Å². The third-order valence-corrected chi connectivity index (χ3v) is 4.51. The van der Waals surface area contributed by atoms with Crippen LogP contribution in [0.2, 0.25) is 5.02 Å². The van der Waals surface area contributed by atoms with Gasteiger partial charge in [0.2, 0.25) is 0 Å². The Labute approximate surface area is 161 Å². The van der Waals surface area contributed by atoms with E-state index in [1.807, 2.05) is 25.1 Å². The van der Waals surface area contributed by atoms with Crippen LogP contribution >= 0.6 is 11.6 Å². The van der Waals surface area contributed by atoms with Gasteiger partial charge in [-0.1, -0.05) is 11.6 Å². The maximum absolute atomic E-state index is 6.17. The van der Waals surface area contributed by atoms with Gasteiger partial charge < -0.3 is 25.0 Å². The van der Waals surface area contributed by atoms with Crippen LogP contribution in [-0.4, -0.2) is 58.5 Å². The van der Waals surface area contributed by atoms with Gasteiger partial charge in [-0.3, -0.25) is 4.99 Å². The minimum atomic E-state index is 0.336. The van der Waals surface area contributed by atoms with E-state index in [1.54, 1.807) is 7.11 Å². The van der Waals surface area contributed by atoms with E-state index in [-0.39, 0.29) is 0 Å². The molecule has 1 aromatic rings. The number of rotatable bonds is 9. The van der Waals surface area contributed by atoms with Gasteiger partial charge in [0.15, 0.2) is 5.96 Å². The second-order valence-electron chi connectivity index (χ2n) is 6.20. The molecule has 0 aromatic heterocycles. The summed E-state index contributed by atoms with van der Waals surface area (Å²) in [7, 11) is 1.69. The zero-order chi connectivity index (χ0) is 18.8. The van der Waals surface area contributed by atoms with Crippen LogP contribution in [0.15, 0.2) is 23.2 Å². The fraction of sp³-hybridized carbons (Fsp3) is 0.632. The molecule has 0 aliphatic carbocycles. The fourth-order valence-electron chi connectivity index (χ4n) is 3.02. The molecule has 0 radical (unpaired) electrons. The highest BCUT2D eigenvalue weighted by Crippen LogP contribution is 2.33. The number of aliphatic imine (C=N–C) groups is 1. The van der Waals surface area contributed by atoms with Gasteiger partial charge in [-0.2, -0.15) is 0 Å². The van der Waals surface area contributed by atoms with Crippen molar-refractivity contribution in [2.75, 3.05) is 51.4 Å². The van der Waals surface area contributed by atoms with Crippen molar-refractivity contribution in [2.45, 2.75) is 32.7 Å². The largest absolute Gasteiger partial charge is 0.495 e. The summed E-state index contributed by atoms with van der Waals surface area (Å²) in [6.07, 6.45) is 1.97. The van der Waals surface area contributed by atoms with Crippen molar-refractivity contribution in [1.82, 2.24) is 10.6 Å². The smallest absolute Gasteiger partial charge is 0.191 e. The van der Waals surface area contributed by atoms with E-state index in [0.29, 0.717) is 6.04 Å². The van der Waals surface area contributed by atoms with Crippen LogP contribution in [0.25, 0.3) is 0 Å². The van der Waals surface area contributed by atoms with Crippen molar-refractivity contribution >= 4 is 23.2 Å². The number of halogens is 1. The summed E-state index contributed by atoms with van der Waals surface area (Å²) in [4.78, 5) is 6.95. The Morgan fingerprint density at radius 1 is 1.38 bits per heavy atom. The average Bonchev–Trinajstić information content (AvgIpc) is 3.10. The molecule has 1 unspecified atom stereocenters. The molecular weight excluding hydrogens is 352 g/mol. The Bertz CT molecular complexity index is 583. The standard InChI is InChI=1S/C19H31ClN4O2/c1-4-21-19(22-10-6-12-26-5-2)23-16-9-11-24(14-16)17-13-15(20)7-8-18(17)25-3/h7-8,13,16H,4-6,9-12,14H2,1-3H3,(H2,21,22,23). The molecule has 0 spiro atoms. The molecule has 0 saturated carbocycles. The normalized spacial score (nSPS) is 17.5. The summed E-state index contributed by atoms with van der Waals surface area (Å²) < 4.78 is 10.8. The summed E-state index contributed by atoms with van der Waals surface area (Å²) in [5.41, 5.74) is 1.04. The van der Waals surface area contributed by atoms with E-state index in [2.05, 4.69) is 27.4 Å². The van der Waals surface area contributed by atoms with Gasteiger partial charge in [0.05, 0.1) is 12.8 Å². The molecule has 2 N–H and O–H groups in total. The molecule has 1 fully saturated rings. The monoisotopic (exact) mass is 382 g/mol. The first-order chi connectivity index (χ1) is 12.7. The highest BCUT2D eigenvalue weighted by molar-refractivity contribution is 6.30. The Balaban J connectivity index is 1.92. The second-order valence-corrected chi connectivity index (χ2v) is 6.64. The Morgan fingerprint density at radius 3 is 2.96 bits per heavy atom. The van der Waals surface area contributed by atoms with Crippen LogP contribution < -0.4 is 20.3 Å². The minimum absolute atomic E-state index is 0.336. The predicted octanol–water partition coefficient (Wildman–Crippen LogP) is 2.91. The van der Waals surface area contributed by atoms with Gasteiger partial charge in [-0.05, 0) is 44.9 Å². The lowest BCUT2D eigenvalue weighted by molar-refractivity contribution is 0.146. The van der Waals surface area contributed by atoms with Crippen molar-refractivity contribution in [3.8, 4) is 5.75 Å². The maximum Gasteiger partial charge on any atom is 0.191 e. The van der Waals surface area contributed by atoms with Gasteiger partial charge in [0.1, 0.15) is 5.75 Å². The maximum atomic E-state index is 6.17. The first kappa shape index (κ1) is 20.6. The summed E-state index contributed by atoms with van der Waals surface area (Å²) in [6.45, 7) is 9.05. The van der Waals surface area contributed by atoms with Crippen molar-refractivity contribution in [2.24, 2.45) is 4.99 Å².